The Kier molecular flexibility index (Phi) is 4.11. The molecular weight excluding hydrogens is 264 g/mol. The number of carbonyl (C=O) groups is 1. The van der Waals surface area contributed by atoms with Crippen molar-refractivity contribution in [3.05, 3.63) is 59.7 Å². The van der Waals surface area contributed by atoms with Gasteiger partial charge in [-0.15, -0.1) is 0 Å². The van der Waals surface area contributed by atoms with Gasteiger partial charge < -0.3 is 4.74 Å². The Morgan fingerprint density at radius 3 is 2.30 bits per heavy atom. The highest BCUT2D eigenvalue weighted by atomic mass is 28.3. The van der Waals surface area contributed by atoms with Crippen LogP contribution in [0.5, 0.6) is 0 Å². The van der Waals surface area contributed by atoms with E-state index in [0.717, 1.165) is 17.6 Å². The van der Waals surface area contributed by atoms with Crippen molar-refractivity contribution in [1.29, 1.82) is 0 Å². The van der Waals surface area contributed by atoms with Gasteiger partial charge in [-0.25, -0.2) is 0 Å². The molecule has 2 rings (SSSR count). The fourth-order valence-corrected chi connectivity index (χ4v) is 4.47. The molecule has 1 aliphatic rings. The number of benzene rings is 1. The summed E-state index contributed by atoms with van der Waals surface area (Å²) in [6.07, 6.45) is 6.83. The minimum atomic E-state index is -1.52. The van der Waals surface area contributed by atoms with Gasteiger partial charge in [0.05, 0.1) is 13.3 Å². The van der Waals surface area contributed by atoms with E-state index in [2.05, 4.69) is 25.7 Å². The van der Waals surface area contributed by atoms with Crippen molar-refractivity contribution in [3.63, 3.8) is 0 Å². The van der Waals surface area contributed by atoms with Crippen LogP contribution in [-0.2, 0) is 4.74 Å². The fourth-order valence-electron chi connectivity index (χ4n) is 2.56. The third-order valence-electron chi connectivity index (χ3n) is 4.09. The van der Waals surface area contributed by atoms with Gasteiger partial charge in [-0.2, -0.15) is 0 Å². The van der Waals surface area contributed by atoms with E-state index >= 15 is 0 Å². The van der Waals surface area contributed by atoms with Crippen molar-refractivity contribution in [2.45, 2.75) is 31.3 Å². The van der Waals surface area contributed by atoms with Crippen molar-refractivity contribution in [3.8, 4) is 0 Å². The van der Waals surface area contributed by atoms with Gasteiger partial charge in [-0.05, 0) is 6.42 Å². The van der Waals surface area contributed by atoms with Crippen molar-refractivity contribution < 1.29 is 9.53 Å². The number of rotatable bonds is 4. The fraction of sp³-hybridized carbons (Fsp3) is 0.353. The highest BCUT2D eigenvalue weighted by Gasteiger charge is 2.42. The van der Waals surface area contributed by atoms with Crippen LogP contribution in [0.1, 0.15) is 16.8 Å². The van der Waals surface area contributed by atoms with Gasteiger partial charge in [0.1, 0.15) is 0 Å². The predicted molar refractivity (Wildman–Crippen MR) is 85.7 cm³/mol. The summed E-state index contributed by atoms with van der Waals surface area (Å²) in [5.41, 5.74) is 1.50. The highest BCUT2D eigenvalue weighted by molar-refractivity contribution is 6.79. The third kappa shape index (κ3) is 2.69. The van der Waals surface area contributed by atoms with Crippen molar-refractivity contribution in [2.75, 3.05) is 7.11 Å². The molecule has 3 heteroatoms. The van der Waals surface area contributed by atoms with Gasteiger partial charge in [0, 0.05) is 18.2 Å². The van der Waals surface area contributed by atoms with Crippen molar-refractivity contribution in [1.82, 2.24) is 0 Å². The maximum atomic E-state index is 12.4. The SMILES string of the molecule is COC1([Si](C)(C)C)C=CC(C(=O)c2ccccc2)=CC1. The van der Waals surface area contributed by atoms with Gasteiger partial charge in [-0.1, -0.05) is 68.2 Å². The first-order valence-electron chi connectivity index (χ1n) is 6.94. The van der Waals surface area contributed by atoms with Crippen molar-refractivity contribution in [2.24, 2.45) is 0 Å². The van der Waals surface area contributed by atoms with E-state index in [0.29, 0.717) is 0 Å². The Labute approximate surface area is 122 Å². The highest BCUT2D eigenvalue weighted by Crippen LogP contribution is 2.34. The smallest absolute Gasteiger partial charge is 0.192 e. The number of allylic oxidation sites excluding steroid dienone is 2. The van der Waals surface area contributed by atoms with Crippen LogP contribution in [0.25, 0.3) is 0 Å². The molecular formula is C17H22O2Si. The van der Waals surface area contributed by atoms with Gasteiger partial charge in [0.15, 0.2) is 5.78 Å². The van der Waals surface area contributed by atoms with E-state index < -0.39 is 8.07 Å². The molecule has 20 heavy (non-hydrogen) atoms. The predicted octanol–water partition coefficient (Wildman–Crippen LogP) is 4.02. The average molecular weight is 286 g/mol. The molecule has 1 unspecified atom stereocenters. The molecule has 0 saturated carbocycles. The molecule has 2 nitrogen and oxygen atoms in total. The maximum Gasteiger partial charge on any atom is 0.192 e. The number of ketones is 1. The average Bonchev–Trinajstić information content (AvgIpc) is 2.46. The number of hydrogen-bond donors (Lipinski definition) is 0. The number of carbonyl (C=O) groups excluding carboxylic acids is 1. The Morgan fingerprint density at radius 1 is 1.20 bits per heavy atom. The summed E-state index contributed by atoms with van der Waals surface area (Å²) in [6.45, 7) is 6.87. The van der Waals surface area contributed by atoms with Gasteiger partial charge in [0.2, 0.25) is 0 Å². The van der Waals surface area contributed by atoms with E-state index in [4.69, 9.17) is 4.74 Å². The van der Waals surface area contributed by atoms with Crippen LogP contribution in [-0.4, -0.2) is 26.2 Å². The number of Topliss-reactive ketones (excluding diaryl/α,β-unsaturated/α-hetero) is 1. The number of hydrogen-bond acceptors (Lipinski definition) is 2. The van der Waals surface area contributed by atoms with Crippen LogP contribution in [0.15, 0.2) is 54.1 Å². The van der Waals surface area contributed by atoms with E-state index in [9.17, 15) is 4.79 Å². The standard InChI is InChI=1S/C17H22O2Si/c1-19-17(20(2,3)4)12-10-15(11-13-17)16(18)14-8-6-5-7-9-14/h5-12H,13H2,1-4H3. The Balaban J connectivity index is 2.23. The molecule has 1 aromatic rings. The maximum absolute atomic E-state index is 12.4. The lowest BCUT2D eigenvalue weighted by Gasteiger charge is -2.41. The third-order valence-corrected chi connectivity index (χ3v) is 7.20. The molecule has 0 spiro atoms. The Bertz CT molecular complexity index is 552. The first-order valence-corrected chi connectivity index (χ1v) is 10.4. The summed E-state index contributed by atoms with van der Waals surface area (Å²) in [4.78, 5) is 12.4. The normalized spacial score (nSPS) is 22.5. The summed E-state index contributed by atoms with van der Waals surface area (Å²) in [6, 6.07) is 9.41. The van der Waals surface area contributed by atoms with E-state index in [1.165, 1.54) is 0 Å². The van der Waals surface area contributed by atoms with E-state index in [1.807, 2.05) is 42.5 Å². The molecule has 0 aromatic heterocycles. The molecule has 1 atom stereocenters. The molecule has 1 aliphatic carbocycles. The molecule has 0 N–H and O–H groups in total. The Morgan fingerprint density at radius 2 is 1.85 bits per heavy atom. The minimum absolute atomic E-state index is 0.0853. The molecule has 0 saturated heterocycles. The van der Waals surface area contributed by atoms with Crippen LogP contribution in [0.4, 0.5) is 0 Å². The molecule has 0 fully saturated rings. The molecule has 0 bridgehead atoms. The number of ether oxygens (including phenoxy) is 1. The molecule has 0 radical (unpaired) electrons. The van der Waals surface area contributed by atoms with Crippen LogP contribution < -0.4 is 0 Å². The molecule has 0 aliphatic heterocycles. The second kappa shape index (κ2) is 5.50. The largest absolute Gasteiger partial charge is 0.377 e. The van der Waals surface area contributed by atoms with Crippen LogP contribution >= 0.6 is 0 Å². The lowest BCUT2D eigenvalue weighted by molar-refractivity contribution is 0.0935. The second-order valence-electron chi connectivity index (χ2n) is 6.24. The molecule has 106 valence electrons. The van der Waals surface area contributed by atoms with Gasteiger partial charge in [-0.3, -0.25) is 4.79 Å². The topological polar surface area (TPSA) is 26.3 Å². The lowest BCUT2D eigenvalue weighted by atomic mass is 9.97. The first kappa shape index (κ1) is 14.9. The zero-order chi connectivity index (χ0) is 14.8. The summed E-state index contributed by atoms with van der Waals surface area (Å²) >= 11 is 0. The Hall–Kier alpha value is -1.45. The van der Waals surface area contributed by atoms with Gasteiger partial charge >= 0.3 is 0 Å². The zero-order valence-corrected chi connectivity index (χ0v) is 13.6. The summed E-state index contributed by atoms with van der Waals surface area (Å²) in [7, 11) is 0.249. The van der Waals surface area contributed by atoms with E-state index in [1.54, 1.807) is 7.11 Å². The zero-order valence-electron chi connectivity index (χ0n) is 12.6. The molecule has 1 aromatic carbocycles. The summed E-state index contributed by atoms with van der Waals surface area (Å²) in [5.74, 6) is 0.0853. The van der Waals surface area contributed by atoms with Crippen LogP contribution in [0, 0.1) is 0 Å². The summed E-state index contributed by atoms with van der Waals surface area (Å²) in [5, 5.41) is -0.201. The van der Waals surface area contributed by atoms with Crippen LogP contribution in [0.2, 0.25) is 19.6 Å². The monoisotopic (exact) mass is 286 g/mol. The van der Waals surface area contributed by atoms with E-state index in [-0.39, 0.29) is 11.0 Å². The minimum Gasteiger partial charge on any atom is -0.377 e. The second-order valence-corrected chi connectivity index (χ2v) is 11.6. The quantitative estimate of drug-likeness (QED) is 0.617. The van der Waals surface area contributed by atoms with Crippen molar-refractivity contribution >= 4 is 13.9 Å². The van der Waals surface area contributed by atoms with Gasteiger partial charge in [0.25, 0.3) is 0 Å². The molecule has 0 amide bonds. The first-order chi connectivity index (χ1) is 9.39. The van der Waals surface area contributed by atoms with Crippen LogP contribution in [0.3, 0.4) is 0 Å². The molecule has 0 heterocycles. The summed E-state index contributed by atoms with van der Waals surface area (Å²) < 4.78 is 5.80. The lowest BCUT2D eigenvalue weighted by Crippen LogP contribution is -2.52. The number of methoxy groups -OCH3 is 1.